The molecule has 0 aliphatic heterocycles. The highest BCUT2D eigenvalue weighted by Crippen LogP contribution is 2.41. The Morgan fingerprint density at radius 1 is 0.360 bits per heavy atom. The average Bonchev–Trinajstić information content (AvgIpc) is 3.69. The van der Waals surface area contributed by atoms with E-state index in [-0.39, 0.29) is 0 Å². The lowest BCUT2D eigenvalue weighted by Crippen LogP contribution is -1.99. The Labute approximate surface area is 287 Å². The van der Waals surface area contributed by atoms with Gasteiger partial charge in [0.1, 0.15) is 0 Å². The molecular weight excluding hydrogens is 611 g/mol. The third-order valence-corrected chi connectivity index (χ3v) is 9.64. The zero-order valence-electron chi connectivity index (χ0n) is 26.7. The molecule has 0 saturated heterocycles. The molecule has 7 aromatic carbocycles. The van der Waals surface area contributed by atoms with E-state index in [0.717, 1.165) is 66.5 Å². The second-order valence-corrected chi connectivity index (χ2v) is 12.3. The normalized spacial score (nSPS) is 11.1. The smallest absolute Gasteiger partial charge is 0.0998 e. The first-order valence-corrected chi connectivity index (χ1v) is 16.3. The van der Waals surface area contributed by atoms with Crippen LogP contribution in [0.4, 0.5) is 0 Å². The molecule has 0 amide bonds. The molecular formula is C45H25N5. The molecule has 0 aliphatic carbocycles. The van der Waals surface area contributed by atoms with E-state index < -0.39 is 0 Å². The Balaban J connectivity index is 1.25. The molecule has 5 heteroatoms. The quantitative estimate of drug-likeness (QED) is 0.193. The Morgan fingerprint density at radius 3 is 1.44 bits per heavy atom. The van der Waals surface area contributed by atoms with E-state index in [1.807, 2.05) is 78.9 Å². The van der Waals surface area contributed by atoms with E-state index in [0.29, 0.717) is 16.7 Å². The first-order chi connectivity index (χ1) is 24.7. The van der Waals surface area contributed by atoms with Gasteiger partial charge in [-0.2, -0.15) is 15.8 Å². The molecule has 2 heterocycles. The van der Waals surface area contributed by atoms with E-state index >= 15 is 0 Å². The molecule has 0 bridgehead atoms. The van der Waals surface area contributed by atoms with Gasteiger partial charge in [-0.25, -0.2) is 0 Å². The molecule has 0 saturated carbocycles. The molecule has 50 heavy (non-hydrogen) atoms. The van der Waals surface area contributed by atoms with Gasteiger partial charge in [-0.1, -0.05) is 84.9 Å². The van der Waals surface area contributed by atoms with Crippen molar-refractivity contribution >= 4 is 43.6 Å². The highest BCUT2D eigenvalue weighted by Gasteiger charge is 2.20. The molecule has 0 fully saturated rings. The maximum Gasteiger partial charge on any atom is 0.0998 e. The minimum absolute atomic E-state index is 0.561. The van der Waals surface area contributed by atoms with Crippen LogP contribution in [0.5, 0.6) is 0 Å². The number of hydrogen-bond donors (Lipinski definition) is 0. The zero-order chi connectivity index (χ0) is 33.8. The van der Waals surface area contributed by atoms with Crippen LogP contribution in [-0.2, 0) is 0 Å². The summed E-state index contributed by atoms with van der Waals surface area (Å²) >= 11 is 0. The summed E-state index contributed by atoms with van der Waals surface area (Å²) in [5.41, 5.74) is 11.4. The van der Waals surface area contributed by atoms with Crippen molar-refractivity contribution in [1.29, 1.82) is 15.8 Å². The van der Waals surface area contributed by atoms with Crippen LogP contribution in [0.2, 0.25) is 0 Å². The standard InChI is InChI=1S/C45H25N5/c46-26-29-17-21-44-39(23-29)40-24-30(27-47)18-22-45(40)50(44)43-16-8-3-11-36(43)35-10-2-1-9-34(35)33-20-19-32(25-31(33)28-48)49-41-14-6-4-12-37(41)38-13-5-7-15-42(38)49/h1-25H. The lowest BCUT2D eigenvalue weighted by Gasteiger charge is -2.18. The van der Waals surface area contributed by atoms with E-state index in [2.05, 4.69) is 100 Å². The van der Waals surface area contributed by atoms with Gasteiger partial charge in [0.15, 0.2) is 0 Å². The van der Waals surface area contributed by atoms with Gasteiger partial charge in [0.05, 0.1) is 62.7 Å². The van der Waals surface area contributed by atoms with E-state index in [4.69, 9.17) is 0 Å². The number of fused-ring (bicyclic) bond motifs is 6. The van der Waals surface area contributed by atoms with Crippen molar-refractivity contribution in [3.63, 3.8) is 0 Å². The predicted molar refractivity (Wildman–Crippen MR) is 200 cm³/mol. The second-order valence-electron chi connectivity index (χ2n) is 12.3. The molecule has 0 N–H and O–H groups in total. The van der Waals surface area contributed by atoms with Gasteiger partial charge in [-0.3, -0.25) is 0 Å². The second kappa shape index (κ2) is 11.4. The summed E-state index contributed by atoms with van der Waals surface area (Å²) in [6.45, 7) is 0. The molecule has 2 aromatic heterocycles. The number of hydrogen-bond acceptors (Lipinski definition) is 3. The summed E-state index contributed by atoms with van der Waals surface area (Å²) in [5.74, 6) is 0. The number of rotatable bonds is 4. The molecule has 0 unspecified atom stereocenters. The first-order valence-electron chi connectivity index (χ1n) is 16.3. The van der Waals surface area contributed by atoms with Crippen molar-refractivity contribution < 1.29 is 0 Å². The molecule has 9 aromatic rings. The van der Waals surface area contributed by atoms with E-state index in [9.17, 15) is 15.8 Å². The van der Waals surface area contributed by atoms with Gasteiger partial charge in [-0.15, -0.1) is 0 Å². The summed E-state index contributed by atoms with van der Waals surface area (Å²) in [4.78, 5) is 0. The van der Waals surface area contributed by atoms with Crippen molar-refractivity contribution in [3.8, 4) is 51.8 Å². The minimum atomic E-state index is 0.561. The maximum atomic E-state index is 10.6. The fourth-order valence-electron chi connectivity index (χ4n) is 7.47. The van der Waals surface area contributed by atoms with Crippen molar-refractivity contribution in [2.75, 3.05) is 0 Å². The number of nitriles is 3. The number of aromatic nitrogens is 2. The summed E-state index contributed by atoms with van der Waals surface area (Å²) in [6.07, 6.45) is 0. The highest BCUT2D eigenvalue weighted by atomic mass is 15.0. The number of nitrogens with zero attached hydrogens (tertiary/aromatic N) is 5. The minimum Gasteiger partial charge on any atom is -0.309 e. The van der Waals surface area contributed by atoms with Crippen molar-refractivity contribution in [2.45, 2.75) is 0 Å². The lowest BCUT2D eigenvalue weighted by atomic mass is 9.91. The largest absolute Gasteiger partial charge is 0.309 e. The van der Waals surface area contributed by atoms with E-state index in [1.54, 1.807) is 0 Å². The molecule has 0 spiro atoms. The first kappa shape index (κ1) is 28.8. The molecule has 0 atom stereocenters. The summed E-state index contributed by atoms with van der Waals surface area (Å²) in [7, 11) is 0. The maximum absolute atomic E-state index is 10.6. The van der Waals surface area contributed by atoms with Gasteiger partial charge in [0.25, 0.3) is 0 Å². The molecule has 9 rings (SSSR count). The van der Waals surface area contributed by atoms with Gasteiger partial charge in [0.2, 0.25) is 0 Å². The SMILES string of the molecule is N#Cc1ccc2c(c1)c1cc(C#N)ccc1n2-c1ccccc1-c1ccccc1-c1ccc(-n2c3ccccc3c3ccccc32)cc1C#N. The number of benzene rings is 7. The van der Waals surface area contributed by atoms with Crippen LogP contribution in [0, 0.1) is 34.0 Å². The van der Waals surface area contributed by atoms with Crippen LogP contribution in [0.15, 0.2) is 152 Å². The Morgan fingerprint density at radius 2 is 0.860 bits per heavy atom. The fraction of sp³-hybridized carbons (Fsp3) is 0. The molecule has 5 nitrogen and oxygen atoms in total. The fourth-order valence-corrected chi connectivity index (χ4v) is 7.47. The molecule has 0 aliphatic rings. The van der Waals surface area contributed by atoms with Gasteiger partial charge in [-0.05, 0) is 77.9 Å². The van der Waals surface area contributed by atoms with Crippen LogP contribution in [-0.4, -0.2) is 9.13 Å². The monoisotopic (exact) mass is 635 g/mol. The van der Waals surface area contributed by atoms with Crippen molar-refractivity contribution in [2.24, 2.45) is 0 Å². The average molecular weight is 636 g/mol. The summed E-state index contributed by atoms with van der Waals surface area (Å²) in [5, 5.41) is 34.2. The van der Waals surface area contributed by atoms with Crippen LogP contribution in [0.1, 0.15) is 16.7 Å². The lowest BCUT2D eigenvalue weighted by molar-refractivity contribution is 1.18. The zero-order valence-corrected chi connectivity index (χ0v) is 26.7. The third-order valence-electron chi connectivity index (χ3n) is 9.64. The van der Waals surface area contributed by atoms with Crippen LogP contribution >= 0.6 is 0 Å². The van der Waals surface area contributed by atoms with Crippen LogP contribution in [0.3, 0.4) is 0 Å². The Kier molecular flexibility index (Phi) is 6.56. The van der Waals surface area contributed by atoms with Crippen molar-refractivity contribution in [3.05, 3.63) is 168 Å². The van der Waals surface area contributed by atoms with Crippen LogP contribution in [0.25, 0.3) is 77.2 Å². The Bertz CT molecular complexity index is 2850. The van der Waals surface area contributed by atoms with Crippen molar-refractivity contribution in [1.82, 2.24) is 9.13 Å². The third kappa shape index (κ3) is 4.31. The summed E-state index contributed by atoms with van der Waals surface area (Å²) < 4.78 is 4.43. The van der Waals surface area contributed by atoms with E-state index in [1.165, 1.54) is 10.8 Å². The predicted octanol–water partition coefficient (Wildman–Crippen LogP) is 10.8. The van der Waals surface area contributed by atoms with Gasteiger partial charge >= 0.3 is 0 Å². The van der Waals surface area contributed by atoms with Gasteiger partial charge < -0.3 is 9.13 Å². The number of para-hydroxylation sites is 3. The molecule has 230 valence electrons. The van der Waals surface area contributed by atoms with Gasteiger partial charge in [0, 0.05) is 38.4 Å². The molecule has 0 radical (unpaired) electrons. The van der Waals surface area contributed by atoms with Crippen LogP contribution < -0.4 is 0 Å². The highest BCUT2D eigenvalue weighted by molar-refractivity contribution is 6.11. The summed E-state index contributed by atoms with van der Waals surface area (Å²) in [6, 6.07) is 57.8. The topological polar surface area (TPSA) is 81.2 Å². The Hall–Kier alpha value is -7.39.